The number of nitrogens with zero attached hydrogens (tertiary/aromatic N) is 2. The Labute approximate surface area is 174 Å². The second-order valence-corrected chi connectivity index (χ2v) is 7.23. The number of nitrogens with two attached hydrogens (primary N) is 1. The van der Waals surface area contributed by atoms with Gasteiger partial charge in [0.25, 0.3) is 5.91 Å². The summed E-state index contributed by atoms with van der Waals surface area (Å²) in [4.78, 5) is 24.7. The lowest BCUT2D eigenvalue weighted by atomic mass is 9.90. The average Bonchev–Trinajstić information content (AvgIpc) is 3.15. The standard InChI is InChI=1S/C23H24N4O3/c1-2-30-23(29)19-14-25-27(21(19)24)17-12-10-16(11-13-17)22(28)26-20-9-5-7-15-6-3-4-8-18(15)20/h5,7,9-14H,2-4,6,8,24H2,1H3,(H,26,28). The van der Waals surface area contributed by atoms with Crippen LogP contribution in [0.5, 0.6) is 0 Å². The number of hydrogen-bond donors (Lipinski definition) is 2. The first kappa shape index (κ1) is 19.7. The minimum absolute atomic E-state index is 0.166. The van der Waals surface area contributed by atoms with Crippen LogP contribution >= 0.6 is 0 Å². The minimum atomic E-state index is -0.511. The number of carbonyl (C=O) groups excluding carboxylic acids is 2. The molecule has 7 heteroatoms. The van der Waals surface area contributed by atoms with Gasteiger partial charge in [-0.05, 0) is 74.1 Å². The van der Waals surface area contributed by atoms with Gasteiger partial charge in [0.05, 0.1) is 18.5 Å². The van der Waals surface area contributed by atoms with Crippen LogP contribution in [-0.4, -0.2) is 28.3 Å². The van der Waals surface area contributed by atoms with E-state index in [1.165, 1.54) is 28.4 Å². The topological polar surface area (TPSA) is 99.2 Å². The molecule has 2 aromatic carbocycles. The number of nitrogens with one attached hydrogen (secondary N) is 1. The number of nitrogen functional groups attached to an aromatic ring is 1. The molecule has 1 aliphatic rings. The number of carbonyl (C=O) groups is 2. The molecule has 1 heterocycles. The molecular weight excluding hydrogens is 380 g/mol. The Morgan fingerprint density at radius 1 is 1.13 bits per heavy atom. The molecule has 0 spiro atoms. The van der Waals surface area contributed by atoms with Crippen molar-refractivity contribution < 1.29 is 14.3 Å². The average molecular weight is 404 g/mol. The second kappa shape index (κ2) is 8.41. The van der Waals surface area contributed by atoms with E-state index in [2.05, 4.69) is 16.5 Å². The molecule has 3 N–H and O–H groups in total. The van der Waals surface area contributed by atoms with Crippen LogP contribution in [0.2, 0.25) is 0 Å². The van der Waals surface area contributed by atoms with E-state index in [-0.39, 0.29) is 23.9 Å². The summed E-state index contributed by atoms with van der Waals surface area (Å²) in [6.45, 7) is 1.99. The van der Waals surface area contributed by atoms with E-state index >= 15 is 0 Å². The molecule has 0 unspecified atom stereocenters. The lowest BCUT2D eigenvalue weighted by Crippen LogP contribution is -2.15. The van der Waals surface area contributed by atoms with E-state index < -0.39 is 5.97 Å². The number of anilines is 2. The smallest absolute Gasteiger partial charge is 0.343 e. The number of fused-ring (bicyclic) bond motifs is 1. The molecule has 0 aliphatic heterocycles. The third-order valence-corrected chi connectivity index (χ3v) is 5.32. The van der Waals surface area contributed by atoms with Crippen molar-refractivity contribution in [3.63, 3.8) is 0 Å². The maximum atomic E-state index is 12.8. The zero-order valence-electron chi connectivity index (χ0n) is 16.9. The third kappa shape index (κ3) is 3.78. The molecule has 0 bridgehead atoms. The predicted molar refractivity (Wildman–Crippen MR) is 115 cm³/mol. The maximum Gasteiger partial charge on any atom is 0.343 e. The van der Waals surface area contributed by atoms with E-state index in [9.17, 15) is 9.59 Å². The molecule has 1 aromatic heterocycles. The van der Waals surface area contributed by atoms with E-state index in [4.69, 9.17) is 10.5 Å². The van der Waals surface area contributed by atoms with E-state index in [1.807, 2.05) is 12.1 Å². The molecule has 0 radical (unpaired) electrons. The molecule has 3 aromatic rings. The van der Waals surface area contributed by atoms with Crippen LogP contribution in [0.1, 0.15) is 51.6 Å². The van der Waals surface area contributed by atoms with Gasteiger partial charge in [0.2, 0.25) is 0 Å². The van der Waals surface area contributed by atoms with Gasteiger partial charge in [-0.15, -0.1) is 0 Å². The quantitative estimate of drug-likeness (QED) is 0.631. The molecular formula is C23H24N4O3. The lowest BCUT2D eigenvalue weighted by molar-refractivity contribution is 0.0527. The number of ether oxygens (including phenoxy) is 1. The summed E-state index contributed by atoms with van der Waals surface area (Å²) in [6, 6.07) is 13.0. The molecule has 7 nitrogen and oxygen atoms in total. The molecule has 4 rings (SSSR count). The molecule has 0 fully saturated rings. The highest BCUT2D eigenvalue weighted by Gasteiger charge is 2.18. The van der Waals surface area contributed by atoms with Gasteiger partial charge in [0.1, 0.15) is 11.4 Å². The molecule has 154 valence electrons. The van der Waals surface area contributed by atoms with Crippen molar-refractivity contribution in [2.24, 2.45) is 0 Å². The Bertz CT molecular complexity index is 1090. The van der Waals surface area contributed by atoms with E-state index in [0.29, 0.717) is 11.3 Å². The van der Waals surface area contributed by atoms with Gasteiger partial charge in [-0.25, -0.2) is 9.48 Å². The van der Waals surface area contributed by atoms with Crippen molar-refractivity contribution in [1.82, 2.24) is 9.78 Å². The minimum Gasteiger partial charge on any atom is -0.462 e. The Morgan fingerprint density at radius 3 is 2.67 bits per heavy atom. The number of hydrogen-bond acceptors (Lipinski definition) is 5. The first-order chi connectivity index (χ1) is 14.6. The van der Waals surface area contributed by atoms with Crippen LogP contribution in [0.15, 0.2) is 48.7 Å². The van der Waals surface area contributed by atoms with E-state index in [0.717, 1.165) is 24.9 Å². The number of rotatable bonds is 5. The first-order valence-electron chi connectivity index (χ1n) is 10.1. The Kier molecular flexibility index (Phi) is 5.52. The van der Waals surface area contributed by atoms with Crippen LogP contribution in [0.25, 0.3) is 5.69 Å². The summed E-state index contributed by atoms with van der Waals surface area (Å²) in [5, 5.41) is 7.21. The van der Waals surface area contributed by atoms with Crippen molar-refractivity contribution in [3.8, 4) is 5.69 Å². The van der Waals surface area contributed by atoms with Crippen LogP contribution in [-0.2, 0) is 17.6 Å². The fourth-order valence-electron chi connectivity index (χ4n) is 3.78. The summed E-state index contributed by atoms with van der Waals surface area (Å²) in [5.74, 6) is -0.480. The third-order valence-electron chi connectivity index (χ3n) is 5.32. The first-order valence-corrected chi connectivity index (χ1v) is 10.1. The van der Waals surface area contributed by atoms with Crippen molar-refractivity contribution in [2.45, 2.75) is 32.6 Å². The second-order valence-electron chi connectivity index (χ2n) is 7.23. The number of aryl methyl sites for hydroxylation is 1. The highest BCUT2D eigenvalue weighted by molar-refractivity contribution is 6.04. The molecule has 0 atom stereocenters. The van der Waals surface area contributed by atoms with Gasteiger partial charge < -0.3 is 15.8 Å². The van der Waals surface area contributed by atoms with Crippen molar-refractivity contribution in [2.75, 3.05) is 17.7 Å². The van der Waals surface area contributed by atoms with Crippen LogP contribution < -0.4 is 11.1 Å². The van der Waals surface area contributed by atoms with Gasteiger partial charge >= 0.3 is 5.97 Å². The van der Waals surface area contributed by atoms with Gasteiger partial charge in [0, 0.05) is 11.3 Å². The zero-order valence-corrected chi connectivity index (χ0v) is 16.9. The van der Waals surface area contributed by atoms with Gasteiger partial charge in [0.15, 0.2) is 0 Å². The van der Waals surface area contributed by atoms with Crippen molar-refractivity contribution in [3.05, 3.63) is 70.9 Å². The highest BCUT2D eigenvalue weighted by Crippen LogP contribution is 2.28. The molecule has 0 saturated carbocycles. The Morgan fingerprint density at radius 2 is 1.90 bits per heavy atom. The Hall–Kier alpha value is -3.61. The van der Waals surface area contributed by atoms with Gasteiger partial charge in [-0.2, -0.15) is 5.10 Å². The summed E-state index contributed by atoms with van der Waals surface area (Å²) < 4.78 is 6.43. The normalized spacial score (nSPS) is 12.8. The molecule has 1 aliphatic carbocycles. The molecule has 1 amide bonds. The van der Waals surface area contributed by atoms with E-state index in [1.54, 1.807) is 31.2 Å². The Balaban J connectivity index is 1.52. The lowest BCUT2D eigenvalue weighted by Gasteiger charge is -2.19. The summed E-state index contributed by atoms with van der Waals surface area (Å²) >= 11 is 0. The fourth-order valence-corrected chi connectivity index (χ4v) is 3.78. The van der Waals surface area contributed by atoms with Crippen LogP contribution in [0, 0.1) is 0 Å². The highest BCUT2D eigenvalue weighted by atomic mass is 16.5. The molecule has 0 saturated heterocycles. The fraction of sp³-hybridized carbons (Fsp3) is 0.261. The summed E-state index contributed by atoms with van der Waals surface area (Å²) in [7, 11) is 0. The maximum absolute atomic E-state index is 12.8. The van der Waals surface area contributed by atoms with Crippen molar-refractivity contribution >= 4 is 23.4 Å². The van der Waals surface area contributed by atoms with Gasteiger partial charge in [-0.1, -0.05) is 12.1 Å². The number of esters is 1. The zero-order chi connectivity index (χ0) is 21.1. The number of amides is 1. The largest absolute Gasteiger partial charge is 0.462 e. The summed E-state index contributed by atoms with van der Waals surface area (Å²) in [6.07, 6.45) is 5.78. The molecule has 30 heavy (non-hydrogen) atoms. The monoisotopic (exact) mass is 404 g/mol. The van der Waals surface area contributed by atoms with Crippen molar-refractivity contribution in [1.29, 1.82) is 0 Å². The van der Waals surface area contributed by atoms with Crippen LogP contribution in [0.3, 0.4) is 0 Å². The number of aromatic nitrogens is 2. The summed E-state index contributed by atoms with van der Waals surface area (Å²) in [5.41, 5.74) is 10.9. The predicted octanol–water partition coefficient (Wildman–Crippen LogP) is 3.76. The number of benzene rings is 2. The van der Waals surface area contributed by atoms with Gasteiger partial charge in [-0.3, -0.25) is 4.79 Å². The van der Waals surface area contributed by atoms with Crippen LogP contribution in [0.4, 0.5) is 11.5 Å². The SMILES string of the molecule is CCOC(=O)c1cnn(-c2ccc(C(=O)Nc3cccc4c3CCCC4)cc2)c1N.